The van der Waals surface area contributed by atoms with Crippen molar-refractivity contribution in [1.82, 2.24) is 0 Å². The van der Waals surface area contributed by atoms with Gasteiger partial charge in [-0.2, -0.15) is 0 Å². The van der Waals surface area contributed by atoms with Crippen molar-refractivity contribution >= 4 is 11.6 Å². The Morgan fingerprint density at radius 2 is 2.20 bits per heavy atom. The van der Waals surface area contributed by atoms with Crippen LogP contribution in [0.1, 0.15) is 11.1 Å². The van der Waals surface area contributed by atoms with Gasteiger partial charge in [0.05, 0.1) is 18.7 Å². The lowest BCUT2D eigenvalue weighted by molar-refractivity contribution is 0.141. The normalized spacial score (nSPS) is 10.4. The largest absolute Gasteiger partial charge is 0.503 e. The predicted octanol–water partition coefficient (Wildman–Crippen LogP) is 1.80. The van der Waals surface area contributed by atoms with Crippen LogP contribution in [0.2, 0.25) is 5.02 Å². The molecule has 0 aromatic heterocycles. The van der Waals surface area contributed by atoms with Crippen molar-refractivity contribution in [2.24, 2.45) is 5.90 Å². The molecule has 4 nitrogen and oxygen atoms in total. The molecule has 1 aromatic rings. The molecule has 0 bridgehead atoms. The number of phenols is 1. The summed E-state index contributed by atoms with van der Waals surface area (Å²) in [4.78, 5) is 4.48. The molecule has 0 atom stereocenters. The maximum atomic E-state index is 9.67. The molecule has 0 aliphatic heterocycles. The smallest absolute Gasteiger partial charge is 0.177 e. The summed E-state index contributed by atoms with van der Waals surface area (Å²) in [6, 6.07) is 1.73. The van der Waals surface area contributed by atoms with Gasteiger partial charge in [-0.05, 0) is 30.5 Å². The van der Waals surface area contributed by atoms with Crippen LogP contribution < -0.4 is 10.6 Å². The summed E-state index contributed by atoms with van der Waals surface area (Å²) in [7, 11) is 1.48. The fourth-order valence-corrected chi connectivity index (χ4v) is 1.74. The molecule has 0 saturated heterocycles. The summed E-state index contributed by atoms with van der Waals surface area (Å²) in [5.74, 6) is 5.27. The molecule has 3 N–H and O–H groups in total. The fourth-order valence-electron chi connectivity index (χ4n) is 1.40. The molecule has 0 saturated carbocycles. The van der Waals surface area contributed by atoms with E-state index in [9.17, 15) is 5.11 Å². The number of phenolic OH excluding ortho intramolecular Hbond substituents is 1. The lowest BCUT2D eigenvalue weighted by atomic mass is 10.0. The zero-order chi connectivity index (χ0) is 11.4. The number of halogens is 1. The zero-order valence-corrected chi connectivity index (χ0v) is 9.47. The van der Waals surface area contributed by atoms with Crippen molar-refractivity contribution in [3.63, 3.8) is 0 Å². The van der Waals surface area contributed by atoms with Crippen LogP contribution in [0.4, 0.5) is 0 Å². The van der Waals surface area contributed by atoms with Crippen molar-refractivity contribution in [1.29, 1.82) is 0 Å². The second-order valence-corrected chi connectivity index (χ2v) is 3.54. The molecule has 0 amide bonds. The van der Waals surface area contributed by atoms with Crippen LogP contribution in [0, 0.1) is 6.92 Å². The van der Waals surface area contributed by atoms with E-state index in [1.807, 2.05) is 6.92 Å². The number of ether oxygens (including phenoxy) is 1. The predicted molar refractivity (Wildman–Crippen MR) is 58.2 cm³/mol. The van der Waals surface area contributed by atoms with Gasteiger partial charge in [-0.3, -0.25) is 0 Å². The third-order valence-electron chi connectivity index (χ3n) is 2.22. The Morgan fingerprint density at radius 3 is 2.73 bits per heavy atom. The summed E-state index contributed by atoms with van der Waals surface area (Å²) >= 11 is 5.99. The Balaban J connectivity index is 3.11. The molecular weight excluding hydrogens is 218 g/mol. The first kappa shape index (κ1) is 12.1. The van der Waals surface area contributed by atoms with E-state index in [0.29, 0.717) is 23.8 Å². The van der Waals surface area contributed by atoms with Gasteiger partial charge >= 0.3 is 0 Å². The maximum Gasteiger partial charge on any atom is 0.177 e. The first-order valence-corrected chi connectivity index (χ1v) is 4.86. The average molecular weight is 232 g/mol. The molecule has 1 rings (SSSR count). The van der Waals surface area contributed by atoms with Gasteiger partial charge in [0.2, 0.25) is 0 Å². The van der Waals surface area contributed by atoms with Gasteiger partial charge in [0.15, 0.2) is 11.5 Å². The van der Waals surface area contributed by atoms with Crippen LogP contribution in [-0.2, 0) is 11.3 Å². The van der Waals surface area contributed by atoms with E-state index in [1.54, 1.807) is 6.07 Å². The van der Waals surface area contributed by atoms with Crippen molar-refractivity contribution in [2.75, 3.05) is 13.7 Å². The molecular formula is C10H14ClNO3. The molecule has 84 valence electrons. The van der Waals surface area contributed by atoms with Gasteiger partial charge < -0.3 is 14.7 Å². The molecule has 0 spiro atoms. The fraction of sp³-hybridized carbons (Fsp3) is 0.400. The van der Waals surface area contributed by atoms with E-state index in [4.69, 9.17) is 22.2 Å². The van der Waals surface area contributed by atoms with Crippen molar-refractivity contribution in [2.45, 2.75) is 13.3 Å². The van der Waals surface area contributed by atoms with Crippen LogP contribution in [0.3, 0.4) is 0 Å². The Labute approximate surface area is 93.5 Å². The van der Waals surface area contributed by atoms with Gasteiger partial charge in [0, 0.05) is 0 Å². The van der Waals surface area contributed by atoms with Crippen LogP contribution in [0.25, 0.3) is 0 Å². The molecule has 5 heteroatoms. The molecule has 0 unspecified atom stereocenters. The highest BCUT2D eigenvalue weighted by atomic mass is 35.5. The molecule has 1 aromatic carbocycles. The summed E-state index contributed by atoms with van der Waals surface area (Å²) in [5.41, 5.74) is 1.76. The van der Waals surface area contributed by atoms with E-state index in [0.717, 1.165) is 11.1 Å². The number of methoxy groups -OCH3 is 1. The first-order chi connectivity index (χ1) is 7.11. The molecule has 0 heterocycles. The Morgan fingerprint density at radius 1 is 1.53 bits per heavy atom. The Hall–Kier alpha value is -0.970. The molecule has 0 fully saturated rings. The van der Waals surface area contributed by atoms with Gasteiger partial charge in [0.25, 0.3) is 0 Å². The van der Waals surface area contributed by atoms with Crippen molar-refractivity contribution < 1.29 is 14.7 Å². The third-order valence-corrected chi connectivity index (χ3v) is 2.63. The van der Waals surface area contributed by atoms with Crippen LogP contribution in [-0.4, -0.2) is 18.8 Å². The van der Waals surface area contributed by atoms with E-state index in [-0.39, 0.29) is 5.75 Å². The lowest BCUT2D eigenvalue weighted by Crippen LogP contribution is -2.05. The second-order valence-electron chi connectivity index (χ2n) is 3.16. The van der Waals surface area contributed by atoms with Gasteiger partial charge in [0.1, 0.15) is 0 Å². The first-order valence-electron chi connectivity index (χ1n) is 4.48. The highest BCUT2D eigenvalue weighted by Crippen LogP contribution is 2.38. The number of benzene rings is 1. The van der Waals surface area contributed by atoms with Crippen molar-refractivity contribution in [3.8, 4) is 11.5 Å². The maximum absolute atomic E-state index is 9.67. The van der Waals surface area contributed by atoms with E-state index in [2.05, 4.69) is 4.84 Å². The summed E-state index contributed by atoms with van der Waals surface area (Å²) < 4.78 is 4.98. The van der Waals surface area contributed by atoms with E-state index in [1.165, 1.54) is 7.11 Å². The molecule has 0 radical (unpaired) electrons. The topological polar surface area (TPSA) is 64.7 Å². The number of aryl methyl sites for hydroxylation is 1. The summed E-state index contributed by atoms with van der Waals surface area (Å²) in [6.07, 6.45) is 0.554. The number of aromatic hydroxyl groups is 1. The Kier molecular flexibility index (Phi) is 4.20. The SMILES string of the molecule is COc1cc(C)c(CCON)c(Cl)c1O. The van der Waals surface area contributed by atoms with E-state index >= 15 is 0 Å². The number of rotatable bonds is 4. The average Bonchev–Trinajstić information content (AvgIpc) is 2.23. The molecule has 0 aliphatic rings. The minimum absolute atomic E-state index is 0.0446. The van der Waals surface area contributed by atoms with Crippen LogP contribution in [0.15, 0.2) is 6.07 Å². The third kappa shape index (κ3) is 2.53. The van der Waals surface area contributed by atoms with Crippen molar-refractivity contribution in [3.05, 3.63) is 22.2 Å². The zero-order valence-electron chi connectivity index (χ0n) is 8.71. The molecule has 15 heavy (non-hydrogen) atoms. The minimum atomic E-state index is -0.0446. The van der Waals surface area contributed by atoms with Crippen LogP contribution >= 0.6 is 11.6 Å². The second kappa shape index (κ2) is 5.21. The number of hydrogen-bond acceptors (Lipinski definition) is 4. The summed E-state index contributed by atoms with van der Waals surface area (Å²) in [5, 5.41) is 9.97. The minimum Gasteiger partial charge on any atom is -0.503 e. The number of hydrogen-bond donors (Lipinski definition) is 2. The highest BCUT2D eigenvalue weighted by molar-refractivity contribution is 6.33. The highest BCUT2D eigenvalue weighted by Gasteiger charge is 2.14. The number of nitrogens with two attached hydrogens (primary N) is 1. The standard InChI is InChI=1S/C10H14ClNO3/c1-6-5-8(14-2)10(13)9(11)7(6)3-4-15-12/h5,13H,3-4,12H2,1-2H3. The Bertz CT molecular complexity index is 355. The summed E-state index contributed by atoms with van der Waals surface area (Å²) in [6.45, 7) is 2.24. The van der Waals surface area contributed by atoms with Gasteiger partial charge in [-0.25, -0.2) is 5.90 Å². The molecule has 0 aliphatic carbocycles. The monoisotopic (exact) mass is 231 g/mol. The van der Waals surface area contributed by atoms with E-state index < -0.39 is 0 Å². The van der Waals surface area contributed by atoms with Gasteiger partial charge in [-0.15, -0.1) is 0 Å². The van der Waals surface area contributed by atoms with Crippen LogP contribution in [0.5, 0.6) is 11.5 Å². The quantitative estimate of drug-likeness (QED) is 0.776. The lowest BCUT2D eigenvalue weighted by Gasteiger charge is -2.12. The van der Waals surface area contributed by atoms with Gasteiger partial charge in [-0.1, -0.05) is 11.6 Å².